The first-order chi connectivity index (χ1) is 7.41. The molecule has 0 radical (unpaired) electrons. The number of hydrogen-bond acceptors (Lipinski definition) is 1. The van der Waals surface area contributed by atoms with Crippen LogP contribution in [-0.2, 0) is 0 Å². The Morgan fingerprint density at radius 3 is 2.06 bits per heavy atom. The molecule has 1 unspecified atom stereocenters. The minimum Gasteiger partial charge on any atom is -0.324 e. The molecule has 1 atom stereocenters. The van der Waals surface area contributed by atoms with Gasteiger partial charge in [0.05, 0.1) is 0 Å². The molecule has 1 aromatic carbocycles. The molecule has 0 aliphatic rings. The highest BCUT2D eigenvalue weighted by Gasteiger charge is 2.10. The molecule has 0 aromatic heterocycles. The van der Waals surface area contributed by atoms with Crippen molar-refractivity contribution >= 4 is 0 Å². The van der Waals surface area contributed by atoms with Gasteiger partial charge in [0.2, 0.25) is 0 Å². The molecule has 1 aromatic rings. The van der Waals surface area contributed by atoms with Gasteiger partial charge < -0.3 is 5.73 Å². The SMILES string of the molecule is Cc1cc(C(N)CCC(C)C)cc(C)c1F. The summed E-state index contributed by atoms with van der Waals surface area (Å²) in [5.41, 5.74) is 8.54. The van der Waals surface area contributed by atoms with E-state index in [1.165, 1.54) is 0 Å². The Balaban J connectivity index is 2.80. The van der Waals surface area contributed by atoms with Crippen LogP contribution in [0.25, 0.3) is 0 Å². The molecular weight excluding hydrogens is 201 g/mol. The number of nitrogens with two attached hydrogens (primary N) is 1. The Kier molecular flexibility index (Phi) is 4.48. The molecule has 0 saturated heterocycles. The monoisotopic (exact) mass is 223 g/mol. The van der Waals surface area contributed by atoms with E-state index in [2.05, 4.69) is 13.8 Å². The highest BCUT2D eigenvalue weighted by molar-refractivity contribution is 5.32. The zero-order chi connectivity index (χ0) is 12.3. The quantitative estimate of drug-likeness (QED) is 0.823. The molecule has 0 heterocycles. The summed E-state index contributed by atoms with van der Waals surface area (Å²) in [5, 5.41) is 0. The highest BCUT2D eigenvalue weighted by Crippen LogP contribution is 2.22. The van der Waals surface area contributed by atoms with Crippen molar-refractivity contribution in [1.29, 1.82) is 0 Å². The average molecular weight is 223 g/mol. The third kappa shape index (κ3) is 3.31. The fourth-order valence-electron chi connectivity index (χ4n) is 1.87. The largest absolute Gasteiger partial charge is 0.324 e. The summed E-state index contributed by atoms with van der Waals surface area (Å²) < 4.78 is 13.4. The van der Waals surface area contributed by atoms with Gasteiger partial charge in [-0.1, -0.05) is 26.0 Å². The van der Waals surface area contributed by atoms with Crippen LogP contribution < -0.4 is 5.73 Å². The molecule has 1 rings (SSSR count). The van der Waals surface area contributed by atoms with Crippen LogP contribution in [0.4, 0.5) is 4.39 Å². The van der Waals surface area contributed by atoms with Gasteiger partial charge in [0.25, 0.3) is 0 Å². The first-order valence-corrected chi connectivity index (χ1v) is 5.94. The van der Waals surface area contributed by atoms with Crippen molar-refractivity contribution in [1.82, 2.24) is 0 Å². The molecule has 90 valence electrons. The summed E-state index contributed by atoms with van der Waals surface area (Å²) in [6.07, 6.45) is 2.07. The average Bonchev–Trinajstić information content (AvgIpc) is 2.21. The third-order valence-electron chi connectivity index (χ3n) is 2.94. The molecule has 0 spiro atoms. The topological polar surface area (TPSA) is 26.0 Å². The zero-order valence-corrected chi connectivity index (χ0v) is 10.7. The van der Waals surface area contributed by atoms with Crippen LogP contribution in [0.1, 0.15) is 49.4 Å². The lowest BCUT2D eigenvalue weighted by molar-refractivity contribution is 0.506. The fourth-order valence-corrected chi connectivity index (χ4v) is 1.87. The van der Waals surface area contributed by atoms with Crippen LogP contribution in [0.15, 0.2) is 12.1 Å². The van der Waals surface area contributed by atoms with Crippen molar-refractivity contribution in [2.75, 3.05) is 0 Å². The molecule has 0 bridgehead atoms. The van der Waals surface area contributed by atoms with Gasteiger partial charge in [-0.05, 0) is 49.3 Å². The van der Waals surface area contributed by atoms with E-state index in [9.17, 15) is 4.39 Å². The van der Waals surface area contributed by atoms with Crippen LogP contribution in [-0.4, -0.2) is 0 Å². The summed E-state index contributed by atoms with van der Waals surface area (Å²) in [5.74, 6) is 0.550. The van der Waals surface area contributed by atoms with Gasteiger partial charge in [0, 0.05) is 6.04 Å². The van der Waals surface area contributed by atoms with Crippen LogP contribution in [0.5, 0.6) is 0 Å². The smallest absolute Gasteiger partial charge is 0.129 e. The number of aryl methyl sites for hydroxylation is 2. The fraction of sp³-hybridized carbons (Fsp3) is 0.571. The van der Waals surface area contributed by atoms with Gasteiger partial charge in [0.15, 0.2) is 0 Å². The number of hydrogen-bond donors (Lipinski definition) is 1. The Morgan fingerprint density at radius 1 is 1.12 bits per heavy atom. The summed E-state index contributed by atoms with van der Waals surface area (Å²) in [4.78, 5) is 0. The maximum Gasteiger partial charge on any atom is 0.129 e. The van der Waals surface area contributed by atoms with Gasteiger partial charge in [0.1, 0.15) is 5.82 Å². The van der Waals surface area contributed by atoms with Crippen molar-refractivity contribution in [2.45, 2.75) is 46.6 Å². The highest BCUT2D eigenvalue weighted by atomic mass is 19.1. The number of halogens is 1. The Morgan fingerprint density at radius 2 is 1.62 bits per heavy atom. The van der Waals surface area contributed by atoms with Gasteiger partial charge in [-0.25, -0.2) is 4.39 Å². The Labute approximate surface area is 97.9 Å². The Bertz CT molecular complexity index is 335. The van der Waals surface area contributed by atoms with E-state index in [0.29, 0.717) is 17.0 Å². The predicted octanol–water partition coefficient (Wildman–Crippen LogP) is 3.88. The van der Waals surface area contributed by atoms with E-state index in [4.69, 9.17) is 5.73 Å². The molecule has 0 saturated carbocycles. The van der Waals surface area contributed by atoms with Crippen molar-refractivity contribution in [2.24, 2.45) is 11.7 Å². The van der Waals surface area contributed by atoms with E-state index >= 15 is 0 Å². The molecule has 2 N–H and O–H groups in total. The van der Waals surface area contributed by atoms with Crippen LogP contribution in [0, 0.1) is 25.6 Å². The summed E-state index contributed by atoms with van der Waals surface area (Å²) in [7, 11) is 0. The van der Waals surface area contributed by atoms with Gasteiger partial charge in [-0.2, -0.15) is 0 Å². The van der Waals surface area contributed by atoms with Crippen molar-refractivity contribution < 1.29 is 4.39 Å². The first-order valence-electron chi connectivity index (χ1n) is 5.94. The molecule has 2 heteroatoms. The molecular formula is C14H22FN. The number of rotatable bonds is 4. The van der Waals surface area contributed by atoms with Crippen molar-refractivity contribution in [3.05, 3.63) is 34.6 Å². The minimum atomic E-state index is -0.111. The maximum absolute atomic E-state index is 13.4. The van der Waals surface area contributed by atoms with Crippen LogP contribution in [0.2, 0.25) is 0 Å². The lowest BCUT2D eigenvalue weighted by Gasteiger charge is -2.15. The van der Waals surface area contributed by atoms with E-state index < -0.39 is 0 Å². The van der Waals surface area contributed by atoms with Gasteiger partial charge in [-0.3, -0.25) is 0 Å². The minimum absolute atomic E-state index is 0.0281. The lowest BCUT2D eigenvalue weighted by atomic mass is 9.95. The summed E-state index contributed by atoms with van der Waals surface area (Å²) in [6, 6.07) is 3.76. The van der Waals surface area contributed by atoms with Crippen molar-refractivity contribution in [3.8, 4) is 0 Å². The second kappa shape index (κ2) is 5.44. The van der Waals surface area contributed by atoms with Gasteiger partial charge in [-0.15, -0.1) is 0 Å². The summed E-state index contributed by atoms with van der Waals surface area (Å²) in [6.45, 7) is 7.96. The molecule has 0 aliphatic heterocycles. The van der Waals surface area contributed by atoms with E-state index in [0.717, 1.165) is 18.4 Å². The van der Waals surface area contributed by atoms with Crippen LogP contribution >= 0.6 is 0 Å². The second-order valence-corrected chi connectivity index (χ2v) is 5.05. The zero-order valence-electron chi connectivity index (χ0n) is 10.7. The van der Waals surface area contributed by atoms with Crippen LogP contribution in [0.3, 0.4) is 0 Å². The second-order valence-electron chi connectivity index (χ2n) is 5.05. The molecule has 0 aliphatic carbocycles. The summed E-state index contributed by atoms with van der Waals surface area (Å²) >= 11 is 0. The van der Waals surface area contributed by atoms with Crippen molar-refractivity contribution in [3.63, 3.8) is 0 Å². The Hall–Kier alpha value is -0.890. The normalized spacial score (nSPS) is 13.2. The molecule has 0 amide bonds. The number of benzene rings is 1. The van der Waals surface area contributed by atoms with E-state index in [1.807, 2.05) is 12.1 Å². The maximum atomic E-state index is 13.4. The predicted molar refractivity (Wildman–Crippen MR) is 66.9 cm³/mol. The molecule has 0 fully saturated rings. The van der Waals surface area contributed by atoms with E-state index in [1.54, 1.807) is 13.8 Å². The standard InChI is InChI=1S/C14H22FN/c1-9(2)5-6-13(16)12-7-10(3)14(15)11(4)8-12/h7-9,13H,5-6,16H2,1-4H3. The molecule has 1 nitrogen and oxygen atoms in total. The van der Waals surface area contributed by atoms with E-state index in [-0.39, 0.29) is 11.9 Å². The first kappa shape index (κ1) is 13.2. The third-order valence-corrected chi connectivity index (χ3v) is 2.94. The lowest BCUT2D eigenvalue weighted by Crippen LogP contribution is -2.12. The van der Waals surface area contributed by atoms with Gasteiger partial charge >= 0.3 is 0 Å². The molecule has 16 heavy (non-hydrogen) atoms.